The maximum Gasteiger partial charge on any atom is 0.139 e. The van der Waals surface area contributed by atoms with Gasteiger partial charge in [0.1, 0.15) is 5.82 Å². The highest BCUT2D eigenvalue weighted by atomic mass is 15.0. The van der Waals surface area contributed by atoms with Crippen LogP contribution in [-0.4, -0.2) is 16.5 Å². The molecule has 0 radical (unpaired) electrons. The molecule has 2 aromatic rings. The van der Waals surface area contributed by atoms with Crippen LogP contribution >= 0.6 is 0 Å². The van der Waals surface area contributed by atoms with E-state index < -0.39 is 0 Å². The second kappa shape index (κ2) is 4.41. The highest BCUT2D eigenvalue weighted by molar-refractivity contribution is 5.77. The van der Waals surface area contributed by atoms with Gasteiger partial charge in [-0.05, 0) is 50.2 Å². The molecule has 1 aromatic carbocycles. The maximum absolute atomic E-state index is 4.83. The van der Waals surface area contributed by atoms with Gasteiger partial charge in [-0.25, -0.2) is 4.98 Å². The fraction of sp³-hybridized carbons (Fsp3) is 0.438. The number of aromatic amines is 1. The Hall–Kier alpha value is -1.77. The van der Waals surface area contributed by atoms with Gasteiger partial charge in [0.05, 0.1) is 5.69 Å². The lowest BCUT2D eigenvalue weighted by Gasteiger charge is -2.20. The minimum atomic E-state index is 1.05. The summed E-state index contributed by atoms with van der Waals surface area (Å²) in [6.45, 7) is 1.07. The summed E-state index contributed by atoms with van der Waals surface area (Å²) >= 11 is 0. The molecule has 19 heavy (non-hydrogen) atoms. The molecule has 3 nitrogen and oxygen atoms in total. The molecule has 3 heteroatoms. The van der Waals surface area contributed by atoms with Crippen molar-refractivity contribution < 1.29 is 0 Å². The first-order chi connectivity index (χ1) is 9.42. The van der Waals surface area contributed by atoms with Crippen LogP contribution in [0, 0.1) is 0 Å². The summed E-state index contributed by atoms with van der Waals surface area (Å²) in [5.74, 6) is 1.05. The van der Waals surface area contributed by atoms with Gasteiger partial charge in [-0.2, -0.15) is 0 Å². The van der Waals surface area contributed by atoms with Crippen LogP contribution in [0.1, 0.15) is 36.2 Å². The zero-order valence-corrected chi connectivity index (χ0v) is 11.1. The van der Waals surface area contributed by atoms with Gasteiger partial charge in [0.2, 0.25) is 0 Å². The molecule has 1 aliphatic carbocycles. The molecule has 0 spiro atoms. The summed E-state index contributed by atoms with van der Waals surface area (Å²) in [5, 5.41) is 3.55. The second-order valence-electron chi connectivity index (χ2n) is 5.59. The summed E-state index contributed by atoms with van der Waals surface area (Å²) < 4.78 is 0. The lowest BCUT2D eigenvalue weighted by atomic mass is 9.99. The van der Waals surface area contributed by atoms with Crippen molar-refractivity contribution in [2.75, 3.05) is 11.9 Å². The largest absolute Gasteiger partial charge is 0.384 e. The molecule has 0 bridgehead atoms. The summed E-state index contributed by atoms with van der Waals surface area (Å²) in [6.07, 6.45) is 7.27. The number of imidazole rings is 1. The molecule has 2 aliphatic rings. The van der Waals surface area contributed by atoms with E-state index in [1.165, 1.54) is 53.9 Å². The van der Waals surface area contributed by atoms with Crippen molar-refractivity contribution in [2.24, 2.45) is 0 Å². The number of anilines is 1. The van der Waals surface area contributed by atoms with Gasteiger partial charge in [-0.1, -0.05) is 12.1 Å². The van der Waals surface area contributed by atoms with Crippen LogP contribution in [0.5, 0.6) is 0 Å². The quantitative estimate of drug-likeness (QED) is 0.818. The van der Waals surface area contributed by atoms with Crippen LogP contribution in [0.25, 0.3) is 11.4 Å². The zero-order chi connectivity index (χ0) is 12.7. The number of H-pyrrole nitrogens is 1. The van der Waals surface area contributed by atoms with Gasteiger partial charge in [-0.3, -0.25) is 0 Å². The third kappa shape index (κ3) is 1.84. The van der Waals surface area contributed by atoms with Crippen molar-refractivity contribution in [3.63, 3.8) is 0 Å². The first kappa shape index (κ1) is 11.1. The van der Waals surface area contributed by atoms with Gasteiger partial charge < -0.3 is 10.3 Å². The molecule has 0 amide bonds. The van der Waals surface area contributed by atoms with Crippen LogP contribution in [0.15, 0.2) is 18.2 Å². The zero-order valence-electron chi connectivity index (χ0n) is 11.1. The molecule has 1 aromatic heterocycles. The number of hydrogen-bond donors (Lipinski definition) is 2. The number of aromatic nitrogens is 2. The molecule has 0 fully saturated rings. The molecule has 2 N–H and O–H groups in total. The van der Waals surface area contributed by atoms with E-state index in [9.17, 15) is 0 Å². The van der Waals surface area contributed by atoms with Crippen molar-refractivity contribution in [2.45, 2.75) is 38.5 Å². The van der Waals surface area contributed by atoms with Crippen molar-refractivity contribution in [3.8, 4) is 11.4 Å². The maximum atomic E-state index is 4.83. The topological polar surface area (TPSA) is 40.7 Å². The minimum Gasteiger partial charge on any atom is -0.384 e. The number of fused-ring (bicyclic) bond motifs is 2. The normalized spacial score (nSPS) is 17.5. The number of rotatable bonds is 1. The van der Waals surface area contributed by atoms with E-state index >= 15 is 0 Å². The van der Waals surface area contributed by atoms with E-state index in [0.717, 1.165) is 25.2 Å². The molecular formula is C16H19N3. The van der Waals surface area contributed by atoms with Crippen molar-refractivity contribution in [1.29, 1.82) is 0 Å². The average Bonchev–Trinajstić information content (AvgIpc) is 2.90. The average molecular weight is 253 g/mol. The first-order valence-corrected chi connectivity index (χ1v) is 7.36. The second-order valence-corrected chi connectivity index (χ2v) is 5.59. The lowest BCUT2D eigenvalue weighted by molar-refractivity contribution is 0.667. The fourth-order valence-electron chi connectivity index (χ4n) is 3.29. The molecule has 0 saturated heterocycles. The number of hydrogen-bond acceptors (Lipinski definition) is 2. The number of benzene rings is 1. The Kier molecular flexibility index (Phi) is 2.57. The van der Waals surface area contributed by atoms with Crippen molar-refractivity contribution >= 4 is 5.69 Å². The number of aryl methyl sites for hydroxylation is 3. The Bertz CT molecular complexity index is 589. The highest BCUT2D eigenvalue weighted by Gasteiger charge is 2.19. The van der Waals surface area contributed by atoms with Crippen LogP contribution < -0.4 is 5.32 Å². The summed E-state index contributed by atoms with van der Waals surface area (Å²) in [5.41, 5.74) is 6.61. The van der Waals surface area contributed by atoms with Crippen LogP contribution in [0.4, 0.5) is 5.69 Å². The summed E-state index contributed by atoms with van der Waals surface area (Å²) in [4.78, 5) is 8.38. The van der Waals surface area contributed by atoms with Crippen LogP contribution in [0.3, 0.4) is 0 Å². The third-order valence-electron chi connectivity index (χ3n) is 4.29. The van der Waals surface area contributed by atoms with Crippen molar-refractivity contribution in [1.82, 2.24) is 9.97 Å². The Balaban J connectivity index is 1.81. The Labute approximate surface area is 113 Å². The van der Waals surface area contributed by atoms with Crippen LogP contribution in [-0.2, 0) is 19.3 Å². The van der Waals surface area contributed by atoms with Gasteiger partial charge >= 0.3 is 0 Å². The standard InChI is InChI=1S/C16H19N3/c1-2-9-14-13(8-1)18-16(19-14)12-7-3-5-11-6-4-10-17-15(11)12/h3,5,7,17H,1-2,4,6,8-10H2,(H,18,19). The molecule has 0 saturated carbocycles. The van der Waals surface area contributed by atoms with Gasteiger partial charge in [0.25, 0.3) is 0 Å². The van der Waals surface area contributed by atoms with E-state index in [1.54, 1.807) is 0 Å². The van der Waals surface area contributed by atoms with E-state index in [4.69, 9.17) is 4.98 Å². The predicted octanol–water partition coefficient (Wildman–Crippen LogP) is 3.31. The number of nitrogens with zero attached hydrogens (tertiary/aromatic N) is 1. The molecule has 2 heterocycles. The van der Waals surface area contributed by atoms with Crippen LogP contribution in [0.2, 0.25) is 0 Å². The van der Waals surface area contributed by atoms with Crippen molar-refractivity contribution in [3.05, 3.63) is 35.2 Å². The van der Waals surface area contributed by atoms with Gasteiger partial charge in [0, 0.05) is 23.5 Å². The SMILES string of the molecule is c1cc2c(c(-c3nc4c([nH]3)CCCC4)c1)NCCC2. The minimum absolute atomic E-state index is 1.05. The Morgan fingerprint density at radius 3 is 2.89 bits per heavy atom. The lowest BCUT2D eigenvalue weighted by Crippen LogP contribution is -2.12. The fourth-order valence-corrected chi connectivity index (χ4v) is 3.29. The third-order valence-corrected chi connectivity index (χ3v) is 4.29. The van der Waals surface area contributed by atoms with E-state index in [0.29, 0.717) is 0 Å². The molecule has 0 unspecified atom stereocenters. The summed E-state index contributed by atoms with van der Waals surface area (Å²) in [7, 11) is 0. The molecular weight excluding hydrogens is 234 g/mol. The Morgan fingerprint density at radius 2 is 1.95 bits per heavy atom. The highest BCUT2D eigenvalue weighted by Crippen LogP contribution is 2.33. The predicted molar refractivity (Wildman–Crippen MR) is 77.5 cm³/mol. The first-order valence-electron chi connectivity index (χ1n) is 7.36. The monoisotopic (exact) mass is 253 g/mol. The number of nitrogens with one attached hydrogen (secondary N) is 2. The molecule has 1 aliphatic heterocycles. The summed E-state index contributed by atoms with van der Waals surface area (Å²) in [6, 6.07) is 6.57. The van der Waals surface area contributed by atoms with E-state index in [2.05, 4.69) is 28.5 Å². The molecule has 0 atom stereocenters. The molecule has 98 valence electrons. The van der Waals surface area contributed by atoms with Gasteiger partial charge in [-0.15, -0.1) is 0 Å². The smallest absolute Gasteiger partial charge is 0.139 e. The van der Waals surface area contributed by atoms with E-state index in [1.807, 2.05) is 0 Å². The molecule has 4 rings (SSSR count). The number of para-hydroxylation sites is 1. The van der Waals surface area contributed by atoms with Gasteiger partial charge in [0.15, 0.2) is 0 Å². The Morgan fingerprint density at radius 1 is 1.00 bits per heavy atom. The van der Waals surface area contributed by atoms with E-state index in [-0.39, 0.29) is 0 Å².